The van der Waals surface area contributed by atoms with Gasteiger partial charge in [-0.15, -0.1) is 0 Å². The summed E-state index contributed by atoms with van der Waals surface area (Å²) >= 11 is 0. The summed E-state index contributed by atoms with van der Waals surface area (Å²) in [7, 11) is 1.34. The zero-order chi connectivity index (χ0) is 29.9. The van der Waals surface area contributed by atoms with Crippen molar-refractivity contribution in [2.75, 3.05) is 20.2 Å². The number of rotatable bonds is 7. The van der Waals surface area contributed by atoms with E-state index in [2.05, 4.69) is 15.3 Å². The van der Waals surface area contributed by atoms with Gasteiger partial charge in [-0.3, -0.25) is 14.2 Å². The number of benzene rings is 1. The van der Waals surface area contributed by atoms with Gasteiger partial charge in [0.05, 0.1) is 18.7 Å². The van der Waals surface area contributed by atoms with Crippen molar-refractivity contribution >= 4 is 23.0 Å². The third kappa shape index (κ3) is 7.30. The molecule has 1 aliphatic rings. The molecular weight excluding hydrogens is 533 g/mol. The van der Waals surface area contributed by atoms with Gasteiger partial charge in [-0.25, -0.2) is 19.2 Å². The van der Waals surface area contributed by atoms with Gasteiger partial charge in [-0.2, -0.15) is 0 Å². The van der Waals surface area contributed by atoms with Gasteiger partial charge >= 0.3 is 6.09 Å². The standard InChI is InChI=1S/C29H36FN5O6/c1-17(2)32-24(36)16-35-26(18-7-8-22(30)23(13-18)39-6)33-25-21(27(35)37)14-20(15-31-25)40-19-9-11-34(12-10-19)28(38)41-29(3,4)5/h7-8,13-15,17,19H,9-12,16H2,1-6H3,(H,32,36). The number of ether oxygens (including phenoxy) is 3. The van der Waals surface area contributed by atoms with Crippen molar-refractivity contribution in [3.63, 3.8) is 0 Å². The predicted molar refractivity (Wildman–Crippen MR) is 150 cm³/mol. The molecule has 41 heavy (non-hydrogen) atoms. The molecule has 1 aliphatic heterocycles. The number of carbonyl (C=O) groups excluding carboxylic acids is 2. The second kappa shape index (κ2) is 12.1. The lowest BCUT2D eigenvalue weighted by molar-refractivity contribution is -0.122. The SMILES string of the molecule is COc1cc(-c2nc3ncc(OC4CCN(C(=O)OC(C)(C)C)CC4)cc3c(=O)n2CC(=O)NC(C)C)ccc1F. The van der Waals surface area contributed by atoms with Crippen LogP contribution in [0.2, 0.25) is 0 Å². The highest BCUT2D eigenvalue weighted by Gasteiger charge is 2.28. The maximum atomic E-state index is 14.1. The van der Waals surface area contributed by atoms with E-state index in [-0.39, 0.29) is 53.3 Å². The Balaban J connectivity index is 1.62. The number of nitrogens with one attached hydrogen (secondary N) is 1. The summed E-state index contributed by atoms with van der Waals surface area (Å²) in [6.07, 6.45) is 2.11. The minimum atomic E-state index is -0.569. The van der Waals surface area contributed by atoms with Crippen LogP contribution in [0.4, 0.5) is 9.18 Å². The van der Waals surface area contributed by atoms with Crippen molar-refractivity contribution in [3.8, 4) is 22.9 Å². The lowest BCUT2D eigenvalue weighted by Gasteiger charge is -2.33. The minimum Gasteiger partial charge on any atom is -0.494 e. The summed E-state index contributed by atoms with van der Waals surface area (Å²) in [5.74, 6) is -0.447. The third-order valence-corrected chi connectivity index (χ3v) is 6.34. The van der Waals surface area contributed by atoms with Crippen LogP contribution in [0.15, 0.2) is 35.3 Å². The number of fused-ring (bicyclic) bond motifs is 1. The molecule has 0 atom stereocenters. The number of piperidine rings is 1. The predicted octanol–water partition coefficient (Wildman–Crippen LogP) is 3.91. The molecule has 11 nitrogen and oxygen atoms in total. The second-order valence-corrected chi connectivity index (χ2v) is 11.2. The van der Waals surface area contributed by atoms with E-state index in [9.17, 15) is 18.8 Å². The highest BCUT2D eigenvalue weighted by Crippen LogP contribution is 2.27. The lowest BCUT2D eigenvalue weighted by Crippen LogP contribution is -2.44. The molecule has 1 N–H and O–H groups in total. The highest BCUT2D eigenvalue weighted by atomic mass is 19.1. The van der Waals surface area contributed by atoms with Gasteiger partial charge in [-0.1, -0.05) is 0 Å². The maximum absolute atomic E-state index is 14.1. The van der Waals surface area contributed by atoms with Crippen LogP contribution in [-0.4, -0.2) is 69.4 Å². The smallest absolute Gasteiger partial charge is 0.410 e. The number of aromatic nitrogens is 3. The van der Waals surface area contributed by atoms with Gasteiger partial charge in [0.1, 0.15) is 29.8 Å². The third-order valence-electron chi connectivity index (χ3n) is 6.34. The Labute approximate surface area is 237 Å². The van der Waals surface area contributed by atoms with Crippen LogP contribution in [0.3, 0.4) is 0 Å². The van der Waals surface area contributed by atoms with E-state index in [1.807, 2.05) is 34.6 Å². The van der Waals surface area contributed by atoms with Crippen molar-refractivity contribution in [2.45, 2.75) is 71.8 Å². The number of likely N-dealkylation sites (tertiary alicyclic amines) is 1. The molecule has 1 fully saturated rings. The van der Waals surface area contributed by atoms with E-state index >= 15 is 0 Å². The molecule has 12 heteroatoms. The maximum Gasteiger partial charge on any atom is 0.410 e. The molecule has 220 valence electrons. The summed E-state index contributed by atoms with van der Waals surface area (Å²) in [6, 6.07) is 5.51. The average molecular weight is 570 g/mol. The monoisotopic (exact) mass is 569 g/mol. The number of pyridine rings is 1. The van der Waals surface area contributed by atoms with Crippen LogP contribution >= 0.6 is 0 Å². The molecule has 1 saturated heterocycles. The Hall–Kier alpha value is -4.22. The molecule has 3 heterocycles. The number of halogens is 1. The zero-order valence-electron chi connectivity index (χ0n) is 24.2. The van der Waals surface area contributed by atoms with Gasteiger partial charge in [0.2, 0.25) is 5.91 Å². The first-order valence-corrected chi connectivity index (χ1v) is 13.5. The van der Waals surface area contributed by atoms with Crippen molar-refractivity contribution in [1.29, 1.82) is 0 Å². The normalized spacial score (nSPS) is 14.3. The lowest BCUT2D eigenvalue weighted by atomic mass is 10.1. The molecule has 0 unspecified atom stereocenters. The number of methoxy groups -OCH3 is 1. The van der Waals surface area contributed by atoms with Crippen LogP contribution in [0.1, 0.15) is 47.5 Å². The minimum absolute atomic E-state index is 0.0237. The Kier molecular flexibility index (Phi) is 8.79. The Morgan fingerprint density at radius 3 is 2.51 bits per heavy atom. The Morgan fingerprint density at radius 1 is 1.17 bits per heavy atom. The Bertz CT molecular complexity index is 1490. The van der Waals surface area contributed by atoms with E-state index < -0.39 is 17.0 Å². The van der Waals surface area contributed by atoms with Crippen molar-refractivity contribution in [3.05, 3.63) is 46.6 Å². The summed E-state index contributed by atoms with van der Waals surface area (Å²) in [5.41, 5.74) is -0.524. The molecule has 2 amide bonds. The molecule has 0 saturated carbocycles. The molecule has 3 aromatic rings. The molecule has 0 spiro atoms. The highest BCUT2D eigenvalue weighted by molar-refractivity contribution is 5.80. The molecular formula is C29H36FN5O6. The fourth-order valence-corrected chi connectivity index (χ4v) is 4.50. The van der Waals surface area contributed by atoms with Gasteiger partial charge in [0, 0.05) is 37.5 Å². The van der Waals surface area contributed by atoms with Crippen LogP contribution in [0.5, 0.6) is 11.5 Å². The first kappa shape index (κ1) is 29.8. The molecule has 0 radical (unpaired) electrons. The van der Waals surface area contributed by atoms with Crippen molar-refractivity contribution in [2.24, 2.45) is 0 Å². The van der Waals surface area contributed by atoms with Crippen LogP contribution < -0.4 is 20.3 Å². The fourth-order valence-electron chi connectivity index (χ4n) is 4.50. The molecule has 0 aliphatic carbocycles. The van der Waals surface area contributed by atoms with Crippen LogP contribution in [0.25, 0.3) is 22.4 Å². The van der Waals surface area contributed by atoms with E-state index in [1.54, 1.807) is 11.0 Å². The van der Waals surface area contributed by atoms with Gasteiger partial charge < -0.3 is 24.4 Å². The van der Waals surface area contributed by atoms with E-state index in [1.165, 1.54) is 36.1 Å². The van der Waals surface area contributed by atoms with Gasteiger partial charge in [0.25, 0.3) is 5.56 Å². The largest absolute Gasteiger partial charge is 0.494 e. The van der Waals surface area contributed by atoms with Gasteiger partial charge in [-0.05, 0) is 58.9 Å². The van der Waals surface area contributed by atoms with Gasteiger partial charge in [0.15, 0.2) is 17.2 Å². The number of hydrogen-bond donors (Lipinski definition) is 1. The Morgan fingerprint density at radius 2 is 1.88 bits per heavy atom. The van der Waals surface area contributed by atoms with Crippen molar-refractivity contribution < 1.29 is 28.2 Å². The second-order valence-electron chi connectivity index (χ2n) is 11.2. The summed E-state index contributed by atoms with van der Waals surface area (Å²) in [4.78, 5) is 49.4. The molecule has 2 aromatic heterocycles. The quantitative estimate of drug-likeness (QED) is 0.454. The molecule has 1 aromatic carbocycles. The summed E-state index contributed by atoms with van der Waals surface area (Å²) in [5, 5.41) is 2.95. The number of hydrogen-bond acceptors (Lipinski definition) is 8. The van der Waals surface area contributed by atoms with E-state index in [0.29, 0.717) is 37.2 Å². The first-order chi connectivity index (χ1) is 19.3. The van der Waals surface area contributed by atoms with Crippen LogP contribution in [0, 0.1) is 5.82 Å². The molecule has 0 bridgehead atoms. The van der Waals surface area contributed by atoms with Crippen molar-refractivity contribution in [1.82, 2.24) is 24.8 Å². The fraction of sp³-hybridized carbons (Fsp3) is 0.483. The topological polar surface area (TPSA) is 125 Å². The number of amides is 2. The summed E-state index contributed by atoms with van der Waals surface area (Å²) in [6.45, 7) is 9.76. The number of carbonyl (C=O) groups is 2. The number of nitrogens with zero attached hydrogens (tertiary/aromatic N) is 4. The van der Waals surface area contributed by atoms with E-state index in [4.69, 9.17) is 14.2 Å². The van der Waals surface area contributed by atoms with Crippen LogP contribution in [-0.2, 0) is 16.1 Å². The average Bonchev–Trinajstić information content (AvgIpc) is 2.90. The summed E-state index contributed by atoms with van der Waals surface area (Å²) < 4.78 is 32.0. The zero-order valence-corrected chi connectivity index (χ0v) is 24.2. The first-order valence-electron chi connectivity index (χ1n) is 13.5. The van der Waals surface area contributed by atoms with E-state index in [0.717, 1.165) is 0 Å². The molecule has 4 rings (SSSR count).